The van der Waals surface area contributed by atoms with Crippen molar-refractivity contribution in [1.29, 1.82) is 0 Å². The summed E-state index contributed by atoms with van der Waals surface area (Å²) in [5, 5.41) is 0. The molecule has 0 saturated heterocycles. The molecule has 2 amide bonds. The Balaban J connectivity index is 2.53. The number of hydrogen-bond donors (Lipinski definition) is 3. The van der Waals surface area contributed by atoms with Gasteiger partial charge in [-0.3, -0.25) is 19.5 Å². The van der Waals surface area contributed by atoms with Crippen molar-refractivity contribution in [2.24, 2.45) is 22.2 Å². The quantitative estimate of drug-likeness (QED) is 0.375. The first kappa shape index (κ1) is 16.6. The van der Waals surface area contributed by atoms with Crippen molar-refractivity contribution < 1.29 is 9.59 Å². The summed E-state index contributed by atoms with van der Waals surface area (Å²) in [6.07, 6.45) is 0.972. The fourth-order valence-electron chi connectivity index (χ4n) is 1.77. The molecule has 21 heavy (non-hydrogen) atoms. The van der Waals surface area contributed by atoms with Gasteiger partial charge in [-0.15, -0.1) is 0 Å². The number of benzene rings is 1. The minimum Gasteiger partial charge on any atom is -0.370 e. The van der Waals surface area contributed by atoms with Crippen LogP contribution in [0.25, 0.3) is 0 Å². The van der Waals surface area contributed by atoms with Gasteiger partial charge in [-0.05, 0) is 25.0 Å². The van der Waals surface area contributed by atoms with Crippen molar-refractivity contribution in [2.45, 2.75) is 18.9 Å². The van der Waals surface area contributed by atoms with E-state index in [0.29, 0.717) is 24.9 Å². The van der Waals surface area contributed by atoms with Crippen LogP contribution in [-0.4, -0.2) is 42.3 Å². The third-order valence-electron chi connectivity index (χ3n) is 2.94. The van der Waals surface area contributed by atoms with E-state index in [4.69, 9.17) is 17.2 Å². The fourth-order valence-corrected chi connectivity index (χ4v) is 1.77. The van der Waals surface area contributed by atoms with Crippen LogP contribution in [0.5, 0.6) is 0 Å². The summed E-state index contributed by atoms with van der Waals surface area (Å²) in [5.41, 5.74) is 16.6. The molecule has 0 unspecified atom stereocenters. The molecule has 0 fully saturated rings. The largest absolute Gasteiger partial charge is 0.370 e. The van der Waals surface area contributed by atoms with E-state index < -0.39 is 11.9 Å². The molecule has 1 aromatic rings. The number of guanidine groups is 1. The van der Waals surface area contributed by atoms with Crippen molar-refractivity contribution >= 4 is 17.8 Å². The highest BCUT2D eigenvalue weighted by Gasteiger charge is 2.23. The number of hydrogen-bond acceptors (Lipinski definition) is 4. The van der Waals surface area contributed by atoms with Crippen molar-refractivity contribution in [1.82, 2.24) is 4.90 Å². The number of carbonyl (C=O) groups is 2. The maximum atomic E-state index is 12.1. The third kappa shape index (κ3) is 5.23. The summed E-state index contributed by atoms with van der Waals surface area (Å²) in [7, 11) is 1.42. The molecular formula is C14H21N5O2. The van der Waals surface area contributed by atoms with Crippen LogP contribution in [0.1, 0.15) is 23.2 Å². The van der Waals surface area contributed by atoms with Gasteiger partial charge in [0.2, 0.25) is 5.91 Å². The SMILES string of the molecule is CN(C(=O)c1ccccc1)C(=O)[C@H](N)CCCN=C(N)N. The number of amides is 2. The normalized spacial score (nSPS) is 11.5. The number of rotatable bonds is 6. The standard InChI is InChI=1S/C14H21N5O2/c1-19(12(20)10-6-3-2-4-7-10)13(21)11(15)8-5-9-18-14(16)17/h2-4,6-7,11H,5,8-9,15H2,1H3,(H4,16,17,18)/t11-/m1/s1. The number of nitrogens with zero attached hydrogens (tertiary/aromatic N) is 2. The minimum absolute atomic E-state index is 0.00581. The zero-order chi connectivity index (χ0) is 15.8. The average molecular weight is 291 g/mol. The van der Waals surface area contributed by atoms with Gasteiger partial charge in [0.05, 0.1) is 6.04 Å². The first-order valence-corrected chi connectivity index (χ1v) is 6.61. The zero-order valence-corrected chi connectivity index (χ0v) is 12.0. The predicted molar refractivity (Wildman–Crippen MR) is 81.4 cm³/mol. The van der Waals surface area contributed by atoms with Crippen molar-refractivity contribution in [3.8, 4) is 0 Å². The van der Waals surface area contributed by atoms with E-state index in [-0.39, 0.29) is 11.9 Å². The van der Waals surface area contributed by atoms with E-state index in [0.717, 1.165) is 4.90 Å². The van der Waals surface area contributed by atoms with Crippen LogP contribution in [0, 0.1) is 0 Å². The molecule has 0 aliphatic rings. The predicted octanol–water partition coefficient (Wildman–Crippen LogP) is -0.334. The van der Waals surface area contributed by atoms with E-state index in [1.54, 1.807) is 30.3 Å². The molecule has 114 valence electrons. The Morgan fingerprint density at radius 2 is 1.86 bits per heavy atom. The summed E-state index contributed by atoms with van der Waals surface area (Å²) in [6, 6.07) is 7.82. The van der Waals surface area contributed by atoms with Gasteiger partial charge in [0.1, 0.15) is 0 Å². The lowest BCUT2D eigenvalue weighted by Gasteiger charge is -2.19. The monoisotopic (exact) mass is 291 g/mol. The molecule has 0 heterocycles. The van der Waals surface area contributed by atoms with E-state index in [1.807, 2.05) is 0 Å². The number of aliphatic imine (C=N–C) groups is 1. The zero-order valence-electron chi connectivity index (χ0n) is 12.0. The van der Waals surface area contributed by atoms with Crippen LogP contribution in [0.4, 0.5) is 0 Å². The summed E-state index contributed by atoms with van der Waals surface area (Å²) >= 11 is 0. The highest BCUT2D eigenvalue weighted by molar-refractivity contribution is 6.05. The molecule has 7 nitrogen and oxygen atoms in total. The lowest BCUT2D eigenvalue weighted by molar-refractivity contribution is -0.129. The van der Waals surface area contributed by atoms with Gasteiger partial charge in [-0.25, -0.2) is 0 Å². The molecule has 0 aliphatic carbocycles. The van der Waals surface area contributed by atoms with Crippen LogP contribution in [0.3, 0.4) is 0 Å². The van der Waals surface area contributed by atoms with Crippen LogP contribution in [0.15, 0.2) is 35.3 Å². The molecule has 0 aliphatic heterocycles. The van der Waals surface area contributed by atoms with Crippen LogP contribution in [0.2, 0.25) is 0 Å². The Bertz CT molecular complexity index is 511. The second kappa shape index (κ2) is 8.01. The van der Waals surface area contributed by atoms with Crippen LogP contribution >= 0.6 is 0 Å². The van der Waals surface area contributed by atoms with Gasteiger partial charge in [0, 0.05) is 19.2 Å². The van der Waals surface area contributed by atoms with E-state index in [9.17, 15) is 9.59 Å². The van der Waals surface area contributed by atoms with Gasteiger partial charge in [0.25, 0.3) is 5.91 Å². The van der Waals surface area contributed by atoms with Gasteiger partial charge >= 0.3 is 0 Å². The lowest BCUT2D eigenvalue weighted by Crippen LogP contribution is -2.44. The van der Waals surface area contributed by atoms with Crippen molar-refractivity contribution in [3.63, 3.8) is 0 Å². The molecule has 7 heteroatoms. The molecule has 1 aromatic carbocycles. The van der Waals surface area contributed by atoms with Gasteiger partial charge < -0.3 is 17.2 Å². The minimum atomic E-state index is -0.753. The number of imide groups is 1. The topological polar surface area (TPSA) is 128 Å². The second-order valence-corrected chi connectivity index (χ2v) is 4.62. The first-order valence-electron chi connectivity index (χ1n) is 6.61. The van der Waals surface area contributed by atoms with Gasteiger partial charge in [0.15, 0.2) is 5.96 Å². The Labute approximate surface area is 123 Å². The molecule has 0 aromatic heterocycles. The van der Waals surface area contributed by atoms with Crippen LogP contribution < -0.4 is 17.2 Å². The molecule has 0 spiro atoms. The molecule has 0 radical (unpaired) electrons. The molecular weight excluding hydrogens is 270 g/mol. The third-order valence-corrected chi connectivity index (χ3v) is 2.94. The molecule has 1 rings (SSSR count). The van der Waals surface area contributed by atoms with E-state index in [2.05, 4.69) is 4.99 Å². The average Bonchev–Trinajstić information content (AvgIpc) is 2.49. The fraction of sp³-hybridized carbons (Fsp3) is 0.357. The summed E-state index contributed by atoms with van der Waals surface area (Å²) < 4.78 is 0. The summed E-state index contributed by atoms with van der Waals surface area (Å²) in [6.45, 7) is 0.402. The van der Waals surface area contributed by atoms with E-state index >= 15 is 0 Å². The number of carbonyl (C=O) groups excluding carboxylic acids is 2. The summed E-state index contributed by atoms with van der Waals surface area (Å²) in [5.74, 6) is -0.792. The molecule has 1 atom stereocenters. The Morgan fingerprint density at radius 3 is 2.43 bits per heavy atom. The Kier molecular flexibility index (Phi) is 6.35. The van der Waals surface area contributed by atoms with Crippen molar-refractivity contribution in [2.75, 3.05) is 13.6 Å². The maximum Gasteiger partial charge on any atom is 0.260 e. The smallest absolute Gasteiger partial charge is 0.260 e. The highest BCUT2D eigenvalue weighted by atomic mass is 16.2. The van der Waals surface area contributed by atoms with Gasteiger partial charge in [-0.1, -0.05) is 18.2 Å². The molecule has 0 saturated carbocycles. The van der Waals surface area contributed by atoms with Crippen LogP contribution in [-0.2, 0) is 4.79 Å². The lowest BCUT2D eigenvalue weighted by atomic mass is 10.1. The summed E-state index contributed by atoms with van der Waals surface area (Å²) in [4.78, 5) is 29.0. The second-order valence-electron chi connectivity index (χ2n) is 4.62. The Morgan fingerprint density at radius 1 is 1.24 bits per heavy atom. The highest BCUT2D eigenvalue weighted by Crippen LogP contribution is 2.06. The maximum absolute atomic E-state index is 12.1. The molecule has 0 bridgehead atoms. The van der Waals surface area contributed by atoms with Crippen molar-refractivity contribution in [3.05, 3.63) is 35.9 Å². The van der Waals surface area contributed by atoms with E-state index in [1.165, 1.54) is 7.05 Å². The van der Waals surface area contributed by atoms with Gasteiger partial charge in [-0.2, -0.15) is 0 Å². The number of nitrogens with two attached hydrogens (primary N) is 3. The Hall–Kier alpha value is -2.41. The first-order chi connectivity index (χ1) is 9.93. The molecule has 6 N–H and O–H groups in total. The number of likely N-dealkylation sites (N-methyl/N-ethyl adjacent to an activating group) is 1.